The molecule has 0 aromatic carbocycles. The van der Waals surface area contributed by atoms with Crippen LogP contribution in [0.1, 0.15) is 39.5 Å². The molecule has 0 spiro atoms. The monoisotopic (exact) mass is 232 g/mol. The Kier molecular flexibility index (Phi) is 4.32. The molecule has 1 aliphatic carbocycles. The summed E-state index contributed by atoms with van der Waals surface area (Å²) in [6.45, 7) is 3.49. The average Bonchev–Trinajstić information content (AvgIpc) is 2.54. The van der Waals surface area contributed by atoms with Crippen molar-refractivity contribution in [2.75, 3.05) is 11.5 Å². The van der Waals surface area contributed by atoms with Gasteiger partial charge in [-0.25, -0.2) is 8.42 Å². The van der Waals surface area contributed by atoms with Crippen molar-refractivity contribution in [2.24, 2.45) is 11.8 Å². The quantitative estimate of drug-likeness (QED) is 0.726. The summed E-state index contributed by atoms with van der Waals surface area (Å²) in [5, 5.41) is 0. The van der Waals surface area contributed by atoms with Gasteiger partial charge in [-0.2, -0.15) is 0 Å². The van der Waals surface area contributed by atoms with E-state index in [0.717, 1.165) is 25.7 Å². The lowest BCUT2D eigenvalue weighted by atomic mass is 10.1. The Hall–Kier alpha value is -0.380. The highest BCUT2D eigenvalue weighted by molar-refractivity contribution is 7.92. The Morgan fingerprint density at radius 1 is 1.27 bits per heavy atom. The Labute approximate surface area is 92.2 Å². The molecule has 0 heterocycles. The van der Waals surface area contributed by atoms with Crippen LogP contribution in [-0.4, -0.2) is 25.7 Å². The minimum absolute atomic E-state index is 0.159. The Bertz CT molecular complexity index is 311. The molecule has 1 saturated carbocycles. The fourth-order valence-corrected chi connectivity index (χ4v) is 3.91. The van der Waals surface area contributed by atoms with Crippen LogP contribution in [-0.2, 0) is 14.6 Å². The molecule has 1 aliphatic rings. The van der Waals surface area contributed by atoms with Gasteiger partial charge in [-0.05, 0) is 18.8 Å². The summed E-state index contributed by atoms with van der Waals surface area (Å²) in [5.74, 6) is -0.0848. The molecule has 0 N–H and O–H groups in total. The lowest BCUT2D eigenvalue weighted by molar-refractivity contribution is -0.119. The van der Waals surface area contributed by atoms with Gasteiger partial charge in [0, 0.05) is 5.92 Å². The molecule has 4 heteroatoms. The first-order valence-electron chi connectivity index (χ1n) is 5.64. The van der Waals surface area contributed by atoms with Crippen molar-refractivity contribution in [3.63, 3.8) is 0 Å². The molecule has 0 atom stereocenters. The van der Waals surface area contributed by atoms with Crippen LogP contribution in [0.15, 0.2) is 0 Å². The summed E-state index contributed by atoms with van der Waals surface area (Å²) in [4.78, 5) is 11.4. The predicted molar refractivity (Wildman–Crippen MR) is 60.5 cm³/mol. The molecule has 0 amide bonds. The van der Waals surface area contributed by atoms with Crippen LogP contribution < -0.4 is 0 Å². The maximum Gasteiger partial charge on any atom is 0.157 e. The summed E-state index contributed by atoms with van der Waals surface area (Å²) in [6, 6.07) is 0. The number of hydrogen-bond acceptors (Lipinski definition) is 3. The van der Waals surface area contributed by atoms with Gasteiger partial charge in [-0.1, -0.05) is 26.7 Å². The number of Topliss-reactive ketones (excluding diaryl/α,β-unsaturated/α-hetero) is 1. The van der Waals surface area contributed by atoms with Crippen LogP contribution in [0.5, 0.6) is 0 Å². The lowest BCUT2D eigenvalue weighted by Gasteiger charge is -2.10. The van der Waals surface area contributed by atoms with Crippen molar-refractivity contribution in [3.8, 4) is 0 Å². The molecule has 0 saturated heterocycles. The van der Waals surface area contributed by atoms with E-state index in [9.17, 15) is 13.2 Å². The van der Waals surface area contributed by atoms with Crippen LogP contribution in [0, 0.1) is 11.8 Å². The van der Waals surface area contributed by atoms with Crippen molar-refractivity contribution in [2.45, 2.75) is 39.5 Å². The van der Waals surface area contributed by atoms with Gasteiger partial charge in [0.2, 0.25) is 0 Å². The highest BCUT2D eigenvalue weighted by atomic mass is 32.2. The van der Waals surface area contributed by atoms with E-state index < -0.39 is 9.84 Å². The van der Waals surface area contributed by atoms with E-state index in [2.05, 4.69) is 0 Å². The second kappa shape index (κ2) is 5.10. The Morgan fingerprint density at radius 3 is 2.27 bits per heavy atom. The molecule has 3 nitrogen and oxygen atoms in total. The van der Waals surface area contributed by atoms with Crippen molar-refractivity contribution in [1.29, 1.82) is 0 Å². The van der Waals surface area contributed by atoms with Gasteiger partial charge in [-0.15, -0.1) is 0 Å². The molecular formula is C11H20O3S. The SMILES string of the molecule is CC(C)C(=O)CS(=O)(=O)CC1CCCC1. The van der Waals surface area contributed by atoms with Gasteiger partial charge < -0.3 is 0 Å². The smallest absolute Gasteiger partial charge is 0.157 e. The van der Waals surface area contributed by atoms with Gasteiger partial charge in [0.05, 0.1) is 5.75 Å². The van der Waals surface area contributed by atoms with Crippen LogP contribution in [0.25, 0.3) is 0 Å². The number of ketones is 1. The fourth-order valence-electron chi connectivity index (χ4n) is 1.98. The molecule has 15 heavy (non-hydrogen) atoms. The molecule has 0 aromatic heterocycles. The zero-order valence-corrected chi connectivity index (χ0v) is 10.3. The van der Waals surface area contributed by atoms with E-state index in [4.69, 9.17) is 0 Å². The van der Waals surface area contributed by atoms with E-state index in [1.807, 2.05) is 0 Å². The van der Waals surface area contributed by atoms with Crippen molar-refractivity contribution < 1.29 is 13.2 Å². The highest BCUT2D eigenvalue weighted by Crippen LogP contribution is 2.26. The molecule has 0 aliphatic heterocycles. The summed E-state index contributed by atoms with van der Waals surface area (Å²) >= 11 is 0. The van der Waals surface area contributed by atoms with E-state index in [1.165, 1.54) is 0 Å². The largest absolute Gasteiger partial charge is 0.298 e. The van der Waals surface area contributed by atoms with Crippen LogP contribution >= 0.6 is 0 Å². The third-order valence-corrected chi connectivity index (χ3v) is 4.67. The number of carbonyl (C=O) groups excluding carboxylic acids is 1. The number of sulfone groups is 1. The van der Waals surface area contributed by atoms with Crippen molar-refractivity contribution in [3.05, 3.63) is 0 Å². The Morgan fingerprint density at radius 2 is 1.80 bits per heavy atom. The molecule has 0 bridgehead atoms. The summed E-state index contributed by atoms with van der Waals surface area (Å²) < 4.78 is 23.4. The maximum atomic E-state index is 11.7. The molecule has 0 aromatic rings. The third-order valence-electron chi connectivity index (χ3n) is 2.97. The highest BCUT2D eigenvalue weighted by Gasteiger charge is 2.25. The average molecular weight is 232 g/mol. The van der Waals surface area contributed by atoms with E-state index in [1.54, 1.807) is 13.8 Å². The topological polar surface area (TPSA) is 51.2 Å². The van der Waals surface area contributed by atoms with Crippen LogP contribution in [0.2, 0.25) is 0 Å². The lowest BCUT2D eigenvalue weighted by Crippen LogP contribution is -2.25. The van der Waals surface area contributed by atoms with Gasteiger partial charge in [0.1, 0.15) is 11.5 Å². The number of hydrogen-bond donors (Lipinski definition) is 0. The predicted octanol–water partition coefficient (Wildman–Crippen LogP) is 1.82. The summed E-state index contributed by atoms with van der Waals surface area (Å²) in [5.41, 5.74) is 0. The zero-order valence-electron chi connectivity index (χ0n) is 9.53. The molecule has 0 radical (unpaired) electrons. The molecule has 0 unspecified atom stereocenters. The maximum absolute atomic E-state index is 11.7. The molecule has 1 fully saturated rings. The van der Waals surface area contributed by atoms with Gasteiger partial charge >= 0.3 is 0 Å². The van der Waals surface area contributed by atoms with E-state index in [0.29, 0.717) is 5.92 Å². The molecule has 1 rings (SSSR count). The van der Waals surface area contributed by atoms with E-state index in [-0.39, 0.29) is 23.2 Å². The third kappa shape index (κ3) is 4.33. The molecule has 88 valence electrons. The first-order chi connectivity index (χ1) is 6.91. The van der Waals surface area contributed by atoms with Gasteiger partial charge in [0.25, 0.3) is 0 Å². The molecular weight excluding hydrogens is 212 g/mol. The second-order valence-corrected chi connectivity index (χ2v) is 6.94. The summed E-state index contributed by atoms with van der Waals surface area (Å²) in [7, 11) is -3.16. The fraction of sp³-hybridized carbons (Fsp3) is 0.909. The number of rotatable bonds is 5. The van der Waals surface area contributed by atoms with Crippen molar-refractivity contribution in [1.82, 2.24) is 0 Å². The minimum Gasteiger partial charge on any atom is -0.298 e. The van der Waals surface area contributed by atoms with Gasteiger partial charge in [0.15, 0.2) is 9.84 Å². The minimum atomic E-state index is -3.16. The standard InChI is InChI=1S/C11H20O3S/c1-9(2)11(12)8-15(13,14)7-10-5-3-4-6-10/h9-10H,3-8H2,1-2H3. The first kappa shape index (κ1) is 12.7. The van der Waals surface area contributed by atoms with E-state index >= 15 is 0 Å². The van der Waals surface area contributed by atoms with Gasteiger partial charge in [-0.3, -0.25) is 4.79 Å². The summed E-state index contributed by atoms with van der Waals surface area (Å²) in [6.07, 6.45) is 4.29. The van der Waals surface area contributed by atoms with Crippen LogP contribution in [0.4, 0.5) is 0 Å². The normalized spacial score (nSPS) is 18.6. The zero-order chi connectivity index (χ0) is 11.5. The van der Waals surface area contributed by atoms with Crippen molar-refractivity contribution >= 4 is 15.6 Å². The van der Waals surface area contributed by atoms with Crippen LogP contribution in [0.3, 0.4) is 0 Å². The second-order valence-electron chi connectivity index (χ2n) is 4.83. The Balaban J connectivity index is 2.48. The first-order valence-corrected chi connectivity index (χ1v) is 7.46. The number of carbonyl (C=O) groups is 1.